The number of benzene rings is 2. The Morgan fingerprint density at radius 2 is 2.00 bits per heavy atom. The molecule has 116 valence electrons. The molecule has 23 heavy (non-hydrogen) atoms. The standard InChI is InChI=1S/C17H13BrFN3O/c18-14-6-4-13(5-7-14)17(23)21-16-9-20-22(11-16)10-12-2-1-3-15(19)8-12/h1-9,11H,10H2,(H,21,23). The quantitative estimate of drug-likeness (QED) is 0.748. The predicted molar refractivity (Wildman–Crippen MR) is 89.8 cm³/mol. The van der Waals surface area contributed by atoms with Crippen LogP contribution in [-0.4, -0.2) is 15.7 Å². The van der Waals surface area contributed by atoms with Crippen LogP contribution >= 0.6 is 15.9 Å². The Morgan fingerprint density at radius 1 is 1.22 bits per heavy atom. The normalized spacial score (nSPS) is 10.5. The second kappa shape index (κ2) is 6.75. The van der Waals surface area contributed by atoms with Crippen molar-refractivity contribution in [2.45, 2.75) is 6.54 Å². The number of nitrogens with zero attached hydrogens (tertiary/aromatic N) is 2. The van der Waals surface area contributed by atoms with Crippen molar-refractivity contribution in [3.63, 3.8) is 0 Å². The van der Waals surface area contributed by atoms with Crippen LogP contribution in [0.15, 0.2) is 65.4 Å². The van der Waals surface area contributed by atoms with E-state index in [4.69, 9.17) is 0 Å². The summed E-state index contributed by atoms with van der Waals surface area (Å²) in [6.45, 7) is 0.436. The molecule has 0 aliphatic heterocycles. The first-order valence-electron chi connectivity index (χ1n) is 6.94. The topological polar surface area (TPSA) is 46.9 Å². The smallest absolute Gasteiger partial charge is 0.255 e. The van der Waals surface area contributed by atoms with Crippen molar-refractivity contribution in [1.82, 2.24) is 9.78 Å². The molecule has 4 nitrogen and oxygen atoms in total. The highest BCUT2D eigenvalue weighted by molar-refractivity contribution is 9.10. The largest absolute Gasteiger partial charge is 0.319 e. The molecule has 0 aliphatic carbocycles. The summed E-state index contributed by atoms with van der Waals surface area (Å²) in [5.74, 6) is -0.485. The van der Waals surface area contributed by atoms with Gasteiger partial charge in [-0.3, -0.25) is 9.48 Å². The van der Waals surface area contributed by atoms with E-state index < -0.39 is 0 Å². The highest BCUT2D eigenvalue weighted by Gasteiger charge is 2.07. The van der Waals surface area contributed by atoms with E-state index >= 15 is 0 Å². The van der Waals surface area contributed by atoms with Crippen LogP contribution in [0.25, 0.3) is 0 Å². The van der Waals surface area contributed by atoms with Crippen molar-refractivity contribution in [3.05, 3.63) is 82.3 Å². The molecule has 0 fully saturated rings. The van der Waals surface area contributed by atoms with Crippen molar-refractivity contribution >= 4 is 27.5 Å². The van der Waals surface area contributed by atoms with Gasteiger partial charge in [0, 0.05) is 16.2 Å². The van der Waals surface area contributed by atoms with Gasteiger partial charge in [0.15, 0.2) is 0 Å². The maximum atomic E-state index is 13.2. The zero-order valence-electron chi connectivity index (χ0n) is 12.0. The zero-order valence-corrected chi connectivity index (χ0v) is 13.6. The van der Waals surface area contributed by atoms with Gasteiger partial charge in [-0.1, -0.05) is 28.1 Å². The fourth-order valence-electron chi connectivity index (χ4n) is 2.14. The number of hydrogen-bond donors (Lipinski definition) is 1. The zero-order chi connectivity index (χ0) is 16.2. The molecule has 6 heteroatoms. The third-order valence-corrected chi connectivity index (χ3v) is 3.76. The maximum Gasteiger partial charge on any atom is 0.255 e. The van der Waals surface area contributed by atoms with E-state index in [0.717, 1.165) is 10.0 Å². The SMILES string of the molecule is O=C(Nc1cnn(Cc2cccc(F)c2)c1)c1ccc(Br)cc1. The van der Waals surface area contributed by atoms with Crippen LogP contribution in [0.1, 0.15) is 15.9 Å². The number of halogens is 2. The summed E-state index contributed by atoms with van der Waals surface area (Å²) >= 11 is 3.33. The summed E-state index contributed by atoms with van der Waals surface area (Å²) in [5.41, 5.74) is 1.96. The van der Waals surface area contributed by atoms with Crippen LogP contribution in [0.4, 0.5) is 10.1 Å². The third-order valence-electron chi connectivity index (χ3n) is 3.23. The Labute approximate surface area is 141 Å². The Bertz CT molecular complexity index is 830. The van der Waals surface area contributed by atoms with Crippen LogP contribution in [0, 0.1) is 5.82 Å². The van der Waals surface area contributed by atoms with Crippen LogP contribution in [0.5, 0.6) is 0 Å². The van der Waals surface area contributed by atoms with Crippen molar-refractivity contribution in [3.8, 4) is 0 Å². The highest BCUT2D eigenvalue weighted by atomic mass is 79.9. The monoisotopic (exact) mass is 373 g/mol. The van der Waals surface area contributed by atoms with Gasteiger partial charge < -0.3 is 5.32 Å². The lowest BCUT2D eigenvalue weighted by molar-refractivity contribution is 0.102. The summed E-state index contributed by atoms with van der Waals surface area (Å²) < 4.78 is 15.7. The number of carbonyl (C=O) groups excluding carboxylic acids is 1. The number of rotatable bonds is 4. The molecular weight excluding hydrogens is 361 g/mol. The highest BCUT2D eigenvalue weighted by Crippen LogP contribution is 2.13. The minimum absolute atomic E-state index is 0.206. The molecule has 0 aliphatic rings. The van der Waals surface area contributed by atoms with Gasteiger partial charge in [-0.15, -0.1) is 0 Å². The van der Waals surface area contributed by atoms with Crippen molar-refractivity contribution < 1.29 is 9.18 Å². The fourth-order valence-corrected chi connectivity index (χ4v) is 2.41. The molecule has 0 spiro atoms. The molecular formula is C17H13BrFN3O. The van der Waals surface area contributed by atoms with Crippen LogP contribution < -0.4 is 5.32 Å². The van der Waals surface area contributed by atoms with Crippen molar-refractivity contribution in [2.24, 2.45) is 0 Å². The first-order chi connectivity index (χ1) is 11.1. The molecule has 0 bridgehead atoms. The summed E-state index contributed by atoms with van der Waals surface area (Å²) in [6, 6.07) is 13.4. The molecule has 0 saturated carbocycles. The van der Waals surface area contributed by atoms with Gasteiger partial charge in [-0.2, -0.15) is 5.10 Å². The lowest BCUT2D eigenvalue weighted by Crippen LogP contribution is -2.11. The minimum Gasteiger partial charge on any atom is -0.319 e. The number of nitrogens with one attached hydrogen (secondary N) is 1. The molecule has 0 radical (unpaired) electrons. The van der Waals surface area contributed by atoms with Gasteiger partial charge in [-0.25, -0.2) is 4.39 Å². The van der Waals surface area contributed by atoms with E-state index in [2.05, 4.69) is 26.3 Å². The van der Waals surface area contributed by atoms with E-state index in [1.54, 1.807) is 35.3 Å². The Morgan fingerprint density at radius 3 is 2.74 bits per heavy atom. The summed E-state index contributed by atoms with van der Waals surface area (Å²) in [4.78, 5) is 12.1. The lowest BCUT2D eigenvalue weighted by atomic mass is 10.2. The van der Waals surface area contributed by atoms with Gasteiger partial charge in [0.25, 0.3) is 5.91 Å². The Balaban J connectivity index is 1.67. The van der Waals surface area contributed by atoms with Gasteiger partial charge in [0.2, 0.25) is 0 Å². The van der Waals surface area contributed by atoms with E-state index in [0.29, 0.717) is 17.8 Å². The second-order valence-electron chi connectivity index (χ2n) is 5.02. The predicted octanol–water partition coefficient (Wildman–Crippen LogP) is 4.09. The van der Waals surface area contributed by atoms with Crippen LogP contribution in [0.2, 0.25) is 0 Å². The summed E-state index contributed by atoms with van der Waals surface area (Å²) in [7, 11) is 0. The minimum atomic E-state index is -0.279. The average Bonchev–Trinajstić information content (AvgIpc) is 2.95. The van der Waals surface area contributed by atoms with E-state index in [9.17, 15) is 9.18 Å². The number of carbonyl (C=O) groups is 1. The number of aromatic nitrogens is 2. The van der Waals surface area contributed by atoms with E-state index in [1.165, 1.54) is 12.1 Å². The van der Waals surface area contributed by atoms with Crippen LogP contribution in [0.3, 0.4) is 0 Å². The molecule has 1 amide bonds. The molecule has 0 saturated heterocycles. The van der Waals surface area contributed by atoms with Crippen LogP contribution in [-0.2, 0) is 6.54 Å². The lowest BCUT2D eigenvalue weighted by Gasteiger charge is -2.03. The first-order valence-corrected chi connectivity index (χ1v) is 7.73. The maximum absolute atomic E-state index is 13.2. The fraction of sp³-hybridized carbons (Fsp3) is 0.0588. The molecule has 0 unspecified atom stereocenters. The summed E-state index contributed by atoms with van der Waals surface area (Å²) in [5, 5.41) is 6.96. The number of hydrogen-bond acceptors (Lipinski definition) is 2. The summed E-state index contributed by atoms with van der Waals surface area (Å²) in [6.07, 6.45) is 3.28. The van der Waals surface area contributed by atoms with E-state index in [1.807, 2.05) is 18.2 Å². The number of amides is 1. The first kappa shape index (κ1) is 15.4. The van der Waals surface area contributed by atoms with Gasteiger partial charge in [0.05, 0.1) is 18.4 Å². The Hall–Kier alpha value is -2.47. The van der Waals surface area contributed by atoms with Gasteiger partial charge >= 0.3 is 0 Å². The van der Waals surface area contributed by atoms with Gasteiger partial charge in [-0.05, 0) is 42.0 Å². The Kier molecular flexibility index (Phi) is 4.52. The van der Waals surface area contributed by atoms with E-state index in [-0.39, 0.29) is 11.7 Å². The molecule has 0 atom stereocenters. The van der Waals surface area contributed by atoms with Gasteiger partial charge in [0.1, 0.15) is 5.82 Å². The van der Waals surface area contributed by atoms with Crippen molar-refractivity contribution in [2.75, 3.05) is 5.32 Å². The number of anilines is 1. The molecule has 1 heterocycles. The molecule has 3 rings (SSSR count). The molecule has 2 aromatic carbocycles. The second-order valence-corrected chi connectivity index (χ2v) is 5.93. The average molecular weight is 374 g/mol. The molecule has 3 aromatic rings. The molecule has 1 N–H and O–H groups in total. The van der Waals surface area contributed by atoms with Crippen molar-refractivity contribution in [1.29, 1.82) is 0 Å². The molecule has 1 aromatic heterocycles. The third kappa shape index (κ3) is 4.04.